The maximum absolute atomic E-state index is 12.9. The van der Waals surface area contributed by atoms with Gasteiger partial charge >= 0.3 is 0 Å². The second kappa shape index (κ2) is 10.5. The molecule has 9 heteroatoms. The number of carbonyl (C=O) groups is 1. The number of carbonyl (C=O) groups excluding carboxylic acids is 1. The Bertz CT molecular complexity index is 1270. The van der Waals surface area contributed by atoms with E-state index < -0.39 is 16.1 Å². The van der Waals surface area contributed by atoms with E-state index in [1.54, 1.807) is 19.1 Å². The molecule has 0 aliphatic heterocycles. The topological polar surface area (TPSA) is 103 Å². The molecule has 2 N–H and O–H groups in total. The molecule has 0 fully saturated rings. The Hall–Kier alpha value is -3.72. The van der Waals surface area contributed by atoms with Crippen molar-refractivity contribution in [2.75, 3.05) is 24.3 Å². The standard InChI is InChI=1S/C25H28N2O6S/c1-16-6-9-21(14-17(16)2)33-18(3)25(28)26-19-7-11-22(12-8-19)34(29,30)27-23-15-20(31-4)10-13-24(23)32-5/h6-15,18,27H,1-5H3,(H,26,28)/t18-/m1/s1. The summed E-state index contributed by atoms with van der Waals surface area (Å²) in [6.07, 6.45) is -0.743. The monoisotopic (exact) mass is 484 g/mol. The van der Waals surface area contributed by atoms with Crippen molar-refractivity contribution in [3.8, 4) is 17.2 Å². The van der Waals surface area contributed by atoms with E-state index in [9.17, 15) is 13.2 Å². The normalized spacial score (nSPS) is 11.9. The van der Waals surface area contributed by atoms with Gasteiger partial charge in [-0.2, -0.15) is 0 Å². The van der Waals surface area contributed by atoms with Crippen LogP contribution >= 0.6 is 0 Å². The molecule has 0 aliphatic rings. The van der Waals surface area contributed by atoms with Gasteiger partial charge in [-0.1, -0.05) is 6.07 Å². The molecule has 3 rings (SSSR count). The molecule has 1 atom stereocenters. The van der Waals surface area contributed by atoms with E-state index in [-0.39, 0.29) is 16.5 Å². The number of anilines is 2. The molecule has 0 heterocycles. The van der Waals surface area contributed by atoms with Crippen molar-refractivity contribution in [2.24, 2.45) is 0 Å². The Kier molecular flexibility index (Phi) is 7.68. The highest BCUT2D eigenvalue weighted by molar-refractivity contribution is 7.92. The number of benzene rings is 3. The maximum Gasteiger partial charge on any atom is 0.265 e. The summed E-state index contributed by atoms with van der Waals surface area (Å²) < 4.78 is 44.3. The summed E-state index contributed by atoms with van der Waals surface area (Å²) in [4.78, 5) is 12.6. The highest BCUT2D eigenvalue weighted by Gasteiger charge is 2.19. The molecule has 0 aliphatic carbocycles. The Morgan fingerprint density at radius 1 is 0.853 bits per heavy atom. The smallest absolute Gasteiger partial charge is 0.265 e. The van der Waals surface area contributed by atoms with Crippen LogP contribution in [0.25, 0.3) is 0 Å². The Balaban J connectivity index is 1.68. The molecular formula is C25H28N2O6S. The minimum atomic E-state index is -3.90. The summed E-state index contributed by atoms with van der Waals surface area (Å²) in [5.74, 6) is 1.08. The van der Waals surface area contributed by atoms with Gasteiger partial charge in [0, 0.05) is 11.8 Å². The lowest BCUT2D eigenvalue weighted by molar-refractivity contribution is -0.122. The number of rotatable bonds is 9. The van der Waals surface area contributed by atoms with Crippen molar-refractivity contribution in [3.63, 3.8) is 0 Å². The molecule has 0 spiro atoms. The van der Waals surface area contributed by atoms with Gasteiger partial charge in [-0.25, -0.2) is 8.42 Å². The summed E-state index contributed by atoms with van der Waals surface area (Å²) >= 11 is 0. The van der Waals surface area contributed by atoms with Gasteiger partial charge < -0.3 is 19.5 Å². The number of amides is 1. The van der Waals surface area contributed by atoms with Gasteiger partial charge in [-0.15, -0.1) is 0 Å². The highest BCUT2D eigenvalue weighted by atomic mass is 32.2. The fourth-order valence-corrected chi connectivity index (χ4v) is 4.16. The lowest BCUT2D eigenvalue weighted by Crippen LogP contribution is -2.30. The maximum atomic E-state index is 12.9. The van der Waals surface area contributed by atoms with E-state index in [0.717, 1.165) is 11.1 Å². The molecule has 1 amide bonds. The number of ether oxygens (including phenoxy) is 3. The van der Waals surface area contributed by atoms with Crippen LogP contribution in [0.2, 0.25) is 0 Å². The molecule has 8 nitrogen and oxygen atoms in total. The van der Waals surface area contributed by atoms with Crippen molar-refractivity contribution in [1.29, 1.82) is 0 Å². The predicted octanol–water partition coefficient (Wildman–Crippen LogP) is 4.53. The zero-order valence-electron chi connectivity index (χ0n) is 19.7. The van der Waals surface area contributed by atoms with Crippen LogP contribution in [0, 0.1) is 13.8 Å². The van der Waals surface area contributed by atoms with Crippen LogP contribution in [0.5, 0.6) is 17.2 Å². The second-order valence-electron chi connectivity index (χ2n) is 7.69. The molecule has 0 radical (unpaired) electrons. The van der Waals surface area contributed by atoms with Crippen LogP contribution < -0.4 is 24.2 Å². The van der Waals surface area contributed by atoms with Gasteiger partial charge in [-0.3, -0.25) is 9.52 Å². The number of hydrogen-bond donors (Lipinski definition) is 2. The molecular weight excluding hydrogens is 456 g/mol. The molecule has 0 aromatic heterocycles. The van der Waals surface area contributed by atoms with Gasteiger partial charge in [0.25, 0.3) is 15.9 Å². The van der Waals surface area contributed by atoms with E-state index in [1.807, 2.05) is 32.0 Å². The molecule has 3 aromatic carbocycles. The van der Waals surface area contributed by atoms with Crippen LogP contribution in [0.1, 0.15) is 18.1 Å². The number of sulfonamides is 1. The van der Waals surface area contributed by atoms with E-state index in [4.69, 9.17) is 14.2 Å². The number of aryl methyl sites for hydroxylation is 2. The van der Waals surface area contributed by atoms with Gasteiger partial charge in [0.15, 0.2) is 6.10 Å². The quantitative estimate of drug-likeness (QED) is 0.463. The van der Waals surface area contributed by atoms with Gasteiger partial charge in [-0.05, 0) is 80.4 Å². The predicted molar refractivity (Wildman–Crippen MR) is 131 cm³/mol. The van der Waals surface area contributed by atoms with Crippen molar-refractivity contribution in [1.82, 2.24) is 0 Å². The summed E-state index contributed by atoms with van der Waals surface area (Å²) in [7, 11) is -0.971. The fraction of sp³-hybridized carbons (Fsp3) is 0.240. The molecule has 3 aromatic rings. The van der Waals surface area contributed by atoms with E-state index >= 15 is 0 Å². The lowest BCUT2D eigenvalue weighted by atomic mass is 10.1. The molecule has 34 heavy (non-hydrogen) atoms. The average molecular weight is 485 g/mol. The Morgan fingerprint density at radius 2 is 1.53 bits per heavy atom. The van der Waals surface area contributed by atoms with Crippen molar-refractivity contribution in [2.45, 2.75) is 31.8 Å². The van der Waals surface area contributed by atoms with E-state index in [1.165, 1.54) is 44.6 Å². The minimum Gasteiger partial charge on any atom is -0.497 e. The number of methoxy groups -OCH3 is 2. The molecule has 180 valence electrons. The second-order valence-corrected chi connectivity index (χ2v) is 9.37. The molecule has 0 saturated heterocycles. The third kappa shape index (κ3) is 5.99. The van der Waals surface area contributed by atoms with E-state index in [0.29, 0.717) is 22.9 Å². The summed E-state index contributed by atoms with van der Waals surface area (Å²) in [6.45, 7) is 5.62. The largest absolute Gasteiger partial charge is 0.497 e. The lowest BCUT2D eigenvalue weighted by Gasteiger charge is -2.16. The third-order valence-corrected chi connectivity index (χ3v) is 6.62. The van der Waals surface area contributed by atoms with Crippen LogP contribution in [0.3, 0.4) is 0 Å². The average Bonchev–Trinajstić information content (AvgIpc) is 2.81. The van der Waals surface area contributed by atoms with Gasteiger partial charge in [0.05, 0.1) is 24.8 Å². The first-order chi connectivity index (χ1) is 16.1. The molecule has 0 bridgehead atoms. The van der Waals surface area contributed by atoms with E-state index in [2.05, 4.69) is 10.0 Å². The first kappa shape index (κ1) is 24.9. The van der Waals surface area contributed by atoms with Gasteiger partial charge in [0.1, 0.15) is 17.2 Å². The summed E-state index contributed by atoms with van der Waals surface area (Å²) in [6, 6.07) is 16.3. The zero-order valence-corrected chi connectivity index (χ0v) is 20.5. The Labute approximate surface area is 199 Å². The number of nitrogens with one attached hydrogen (secondary N) is 2. The first-order valence-electron chi connectivity index (χ1n) is 10.5. The Morgan fingerprint density at radius 3 is 2.15 bits per heavy atom. The summed E-state index contributed by atoms with van der Waals surface area (Å²) in [5, 5.41) is 2.73. The molecule has 0 saturated carbocycles. The van der Waals surface area contributed by atoms with Crippen LogP contribution in [0.15, 0.2) is 65.6 Å². The SMILES string of the molecule is COc1ccc(OC)c(NS(=O)(=O)c2ccc(NC(=O)[C@@H](C)Oc3ccc(C)c(C)c3)cc2)c1. The van der Waals surface area contributed by atoms with Crippen LogP contribution in [-0.4, -0.2) is 34.6 Å². The van der Waals surface area contributed by atoms with Gasteiger partial charge in [0.2, 0.25) is 0 Å². The third-order valence-electron chi connectivity index (χ3n) is 5.24. The highest BCUT2D eigenvalue weighted by Crippen LogP contribution is 2.31. The number of hydrogen-bond acceptors (Lipinski definition) is 6. The molecule has 0 unspecified atom stereocenters. The summed E-state index contributed by atoms with van der Waals surface area (Å²) in [5.41, 5.74) is 2.90. The zero-order chi connectivity index (χ0) is 24.9. The van der Waals surface area contributed by atoms with Crippen molar-refractivity contribution in [3.05, 3.63) is 71.8 Å². The van der Waals surface area contributed by atoms with Crippen molar-refractivity contribution < 1.29 is 27.4 Å². The minimum absolute atomic E-state index is 0.0230. The fourth-order valence-electron chi connectivity index (χ4n) is 3.10. The first-order valence-corrected chi connectivity index (χ1v) is 12.0. The van der Waals surface area contributed by atoms with Crippen LogP contribution in [-0.2, 0) is 14.8 Å². The van der Waals surface area contributed by atoms with Crippen LogP contribution in [0.4, 0.5) is 11.4 Å². The van der Waals surface area contributed by atoms with Crippen molar-refractivity contribution >= 4 is 27.3 Å².